The molecule has 0 radical (unpaired) electrons. The van der Waals surface area contributed by atoms with Crippen LogP contribution in [0.1, 0.15) is 23.8 Å². The fourth-order valence-electron chi connectivity index (χ4n) is 3.69. The molecule has 2 N–H and O–H groups in total. The highest BCUT2D eigenvalue weighted by molar-refractivity contribution is 8.02. The third-order valence-electron chi connectivity index (χ3n) is 4.94. The molecule has 4 rings (SSSR count). The highest BCUT2D eigenvalue weighted by Crippen LogP contribution is 2.47. The summed E-state index contributed by atoms with van der Waals surface area (Å²) in [5.74, 6) is 0.907. The molecule has 0 amide bonds. The smallest absolute Gasteiger partial charge is 0.125 e. The molecule has 2 aliphatic rings. The maximum atomic E-state index is 6.22. The fourth-order valence-corrected chi connectivity index (χ4v) is 4.70. The number of nitrogens with zero attached hydrogens (tertiary/aromatic N) is 3. The largest absolute Gasteiger partial charge is 0.496 e. The second-order valence-corrected chi connectivity index (χ2v) is 7.63. The van der Waals surface area contributed by atoms with Crippen LogP contribution in [0.15, 0.2) is 54.3 Å². The number of benzene rings is 1. The number of pyridine rings is 1. The van der Waals surface area contributed by atoms with Crippen LogP contribution in [-0.4, -0.2) is 31.2 Å². The lowest BCUT2D eigenvalue weighted by Gasteiger charge is -2.36. The highest BCUT2D eigenvalue weighted by atomic mass is 32.2. The number of nitrogens with two attached hydrogens (primary N) is 1. The van der Waals surface area contributed by atoms with Crippen molar-refractivity contribution in [3.63, 3.8) is 0 Å². The van der Waals surface area contributed by atoms with Gasteiger partial charge in [0, 0.05) is 37.1 Å². The van der Waals surface area contributed by atoms with Gasteiger partial charge < -0.3 is 20.3 Å². The van der Waals surface area contributed by atoms with E-state index >= 15 is 0 Å². The molecule has 0 aliphatic carbocycles. The molecule has 26 heavy (non-hydrogen) atoms. The van der Waals surface area contributed by atoms with E-state index in [2.05, 4.69) is 44.6 Å². The number of rotatable bonds is 4. The fraction of sp³-hybridized carbons (Fsp3) is 0.350. The van der Waals surface area contributed by atoms with Crippen molar-refractivity contribution in [3.05, 3.63) is 59.9 Å². The number of aromatic nitrogens is 1. The van der Waals surface area contributed by atoms with E-state index < -0.39 is 0 Å². The molecule has 0 bridgehead atoms. The summed E-state index contributed by atoms with van der Waals surface area (Å²) in [7, 11) is 1.72. The molecular formula is C20H24N4OS. The first-order valence-corrected chi connectivity index (χ1v) is 9.90. The molecule has 136 valence electrons. The van der Waals surface area contributed by atoms with Crippen LogP contribution in [0.25, 0.3) is 0 Å². The first-order chi connectivity index (χ1) is 12.8. The van der Waals surface area contributed by atoms with Crippen molar-refractivity contribution in [3.8, 4) is 5.75 Å². The van der Waals surface area contributed by atoms with Crippen molar-refractivity contribution in [1.29, 1.82) is 0 Å². The molecule has 1 saturated heterocycles. The van der Waals surface area contributed by atoms with Gasteiger partial charge in [-0.1, -0.05) is 18.2 Å². The molecule has 3 heterocycles. The molecule has 2 unspecified atom stereocenters. The number of para-hydroxylation sites is 1. The van der Waals surface area contributed by atoms with Gasteiger partial charge in [0.2, 0.25) is 0 Å². The quantitative estimate of drug-likeness (QED) is 0.887. The van der Waals surface area contributed by atoms with E-state index in [9.17, 15) is 0 Å². The number of ether oxygens (including phenoxy) is 1. The third kappa shape index (κ3) is 3.27. The van der Waals surface area contributed by atoms with Gasteiger partial charge >= 0.3 is 0 Å². The Morgan fingerprint density at radius 1 is 1.23 bits per heavy atom. The van der Waals surface area contributed by atoms with E-state index in [-0.39, 0.29) is 11.4 Å². The van der Waals surface area contributed by atoms with Crippen molar-refractivity contribution in [2.75, 3.05) is 30.0 Å². The molecular weight excluding hydrogens is 344 g/mol. The van der Waals surface area contributed by atoms with Gasteiger partial charge in [-0.15, -0.1) is 11.8 Å². The van der Waals surface area contributed by atoms with Crippen LogP contribution in [0.4, 0.5) is 11.4 Å². The van der Waals surface area contributed by atoms with Gasteiger partial charge in [0.25, 0.3) is 0 Å². The van der Waals surface area contributed by atoms with Gasteiger partial charge in [-0.25, -0.2) is 0 Å². The van der Waals surface area contributed by atoms with Crippen LogP contribution in [0, 0.1) is 0 Å². The molecule has 1 aromatic heterocycles. The second-order valence-electron chi connectivity index (χ2n) is 6.64. The van der Waals surface area contributed by atoms with Crippen molar-refractivity contribution >= 4 is 23.1 Å². The Labute approximate surface area is 158 Å². The van der Waals surface area contributed by atoms with Crippen LogP contribution in [-0.2, 0) is 0 Å². The minimum absolute atomic E-state index is 0.132. The SMILES string of the molecule is COc1ccccc1C1SC=CN1c1cnccc1N1CCCC(N)C1. The number of hydrogen-bond donors (Lipinski definition) is 1. The number of anilines is 2. The molecule has 2 aromatic rings. The molecule has 0 spiro atoms. The summed E-state index contributed by atoms with van der Waals surface area (Å²) in [6.07, 6.45) is 8.17. The highest BCUT2D eigenvalue weighted by Gasteiger charge is 2.29. The molecule has 1 fully saturated rings. The molecule has 6 heteroatoms. The number of thioether (sulfide) groups is 1. The summed E-state index contributed by atoms with van der Waals surface area (Å²) in [5, 5.41) is 2.27. The lowest BCUT2D eigenvalue weighted by molar-refractivity contribution is 0.409. The van der Waals surface area contributed by atoms with E-state index in [4.69, 9.17) is 10.5 Å². The van der Waals surface area contributed by atoms with Crippen LogP contribution in [0.2, 0.25) is 0 Å². The number of hydrogen-bond acceptors (Lipinski definition) is 6. The monoisotopic (exact) mass is 368 g/mol. The standard InChI is InChI=1S/C20H24N4OS/c1-25-19-7-3-2-6-16(19)20-24(11-12-26-20)18-13-22-9-8-17(18)23-10-4-5-15(21)14-23/h2-3,6-9,11-13,15,20H,4-5,10,14,21H2,1H3. The maximum absolute atomic E-state index is 6.22. The van der Waals surface area contributed by atoms with E-state index in [1.54, 1.807) is 18.9 Å². The van der Waals surface area contributed by atoms with E-state index in [0.29, 0.717) is 0 Å². The maximum Gasteiger partial charge on any atom is 0.125 e. The molecule has 2 atom stereocenters. The summed E-state index contributed by atoms with van der Waals surface area (Å²) in [6, 6.07) is 10.5. The normalized spacial score (nSPS) is 22.7. The van der Waals surface area contributed by atoms with Crippen LogP contribution >= 0.6 is 11.8 Å². The Hall–Kier alpha value is -2.18. The van der Waals surface area contributed by atoms with E-state index in [1.807, 2.05) is 24.5 Å². The topological polar surface area (TPSA) is 54.6 Å². The van der Waals surface area contributed by atoms with Gasteiger partial charge in [0.15, 0.2) is 0 Å². The molecule has 0 saturated carbocycles. The van der Waals surface area contributed by atoms with Gasteiger partial charge in [-0.2, -0.15) is 0 Å². The zero-order chi connectivity index (χ0) is 17.9. The van der Waals surface area contributed by atoms with Gasteiger partial charge in [-0.3, -0.25) is 4.98 Å². The Morgan fingerprint density at radius 2 is 2.12 bits per heavy atom. The Kier molecular flexibility index (Phi) is 5.04. The van der Waals surface area contributed by atoms with Crippen molar-refractivity contribution in [1.82, 2.24) is 4.98 Å². The van der Waals surface area contributed by atoms with E-state index in [1.165, 1.54) is 5.69 Å². The first-order valence-electron chi connectivity index (χ1n) is 8.96. The first kappa shape index (κ1) is 17.2. The van der Waals surface area contributed by atoms with Gasteiger partial charge in [0.1, 0.15) is 11.1 Å². The Balaban J connectivity index is 1.69. The third-order valence-corrected chi connectivity index (χ3v) is 5.96. The average molecular weight is 369 g/mol. The minimum atomic E-state index is 0.132. The lowest BCUT2D eigenvalue weighted by Crippen LogP contribution is -2.43. The Morgan fingerprint density at radius 3 is 2.96 bits per heavy atom. The molecule has 2 aliphatic heterocycles. The average Bonchev–Trinajstić information content (AvgIpc) is 3.17. The summed E-state index contributed by atoms with van der Waals surface area (Å²) < 4.78 is 5.59. The summed E-state index contributed by atoms with van der Waals surface area (Å²) in [6.45, 7) is 1.93. The number of methoxy groups -OCH3 is 1. The van der Waals surface area contributed by atoms with Crippen molar-refractivity contribution in [2.45, 2.75) is 24.3 Å². The van der Waals surface area contributed by atoms with Gasteiger partial charge in [0.05, 0.1) is 24.7 Å². The molecule has 1 aromatic carbocycles. The van der Waals surface area contributed by atoms with Crippen LogP contribution in [0.3, 0.4) is 0 Å². The zero-order valence-corrected chi connectivity index (χ0v) is 15.7. The van der Waals surface area contributed by atoms with Crippen LogP contribution < -0.4 is 20.3 Å². The predicted octanol–water partition coefficient (Wildman–Crippen LogP) is 3.74. The van der Waals surface area contributed by atoms with E-state index in [0.717, 1.165) is 42.9 Å². The van der Waals surface area contributed by atoms with Gasteiger partial charge in [-0.05, 0) is 30.4 Å². The zero-order valence-electron chi connectivity index (χ0n) is 14.9. The molecule has 5 nitrogen and oxygen atoms in total. The van der Waals surface area contributed by atoms with Crippen LogP contribution in [0.5, 0.6) is 5.75 Å². The summed E-state index contributed by atoms with van der Waals surface area (Å²) in [4.78, 5) is 9.07. The number of piperidine rings is 1. The minimum Gasteiger partial charge on any atom is -0.496 e. The summed E-state index contributed by atoms with van der Waals surface area (Å²) >= 11 is 1.78. The predicted molar refractivity (Wildman–Crippen MR) is 109 cm³/mol. The second kappa shape index (κ2) is 7.60. The lowest BCUT2D eigenvalue weighted by atomic mass is 10.1. The van der Waals surface area contributed by atoms with Crippen molar-refractivity contribution < 1.29 is 4.74 Å². The Bertz CT molecular complexity index is 797. The summed E-state index contributed by atoms with van der Waals surface area (Å²) in [5.41, 5.74) is 9.69. The van der Waals surface area contributed by atoms with Crippen molar-refractivity contribution in [2.24, 2.45) is 5.73 Å².